The monoisotopic (exact) mass is 167 g/mol. The van der Waals surface area contributed by atoms with Crippen molar-refractivity contribution in [1.82, 2.24) is 0 Å². The van der Waals surface area contributed by atoms with Crippen molar-refractivity contribution >= 4 is 5.71 Å². The average Bonchev–Trinajstić information content (AvgIpc) is 2.09. The summed E-state index contributed by atoms with van der Waals surface area (Å²) in [5.74, 6) is 0.774. The smallest absolute Gasteiger partial charge is 0.0389 e. The topological polar surface area (TPSA) is 12.4 Å². The summed E-state index contributed by atoms with van der Waals surface area (Å²) in [4.78, 5) is 4.60. The van der Waals surface area contributed by atoms with Crippen LogP contribution in [0.1, 0.15) is 52.4 Å². The summed E-state index contributed by atoms with van der Waals surface area (Å²) in [5.41, 5.74) is 1.50. The van der Waals surface area contributed by atoms with E-state index in [0.29, 0.717) is 0 Å². The Morgan fingerprint density at radius 1 is 1.42 bits per heavy atom. The summed E-state index contributed by atoms with van der Waals surface area (Å²) < 4.78 is 0. The maximum Gasteiger partial charge on any atom is 0.0389 e. The third-order valence-corrected chi connectivity index (χ3v) is 2.72. The number of unbranched alkanes of at least 4 members (excludes halogenated alkanes) is 2. The standard InChI is InChI=1S/C11H21N/c1-3-4-5-8-11-10(2)7-6-9-12-11/h10H,3-9H2,1-2H3. The average molecular weight is 167 g/mol. The van der Waals surface area contributed by atoms with Crippen LogP contribution in [0.25, 0.3) is 0 Å². The van der Waals surface area contributed by atoms with E-state index in [0.717, 1.165) is 12.5 Å². The van der Waals surface area contributed by atoms with Crippen LogP contribution in [0.2, 0.25) is 0 Å². The normalized spacial score (nSPS) is 23.8. The molecule has 0 aromatic heterocycles. The Labute approximate surface area is 76.3 Å². The van der Waals surface area contributed by atoms with E-state index < -0.39 is 0 Å². The Kier molecular flexibility index (Phi) is 4.34. The highest BCUT2D eigenvalue weighted by Gasteiger charge is 2.13. The van der Waals surface area contributed by atoms with Gasteiger partial charge in [-0.3, -0.25) is 4.99 Å². The SMILES string of the molecule is CCCCCC1=NCCCC1C. The van der Waals surface area contributed by atoms with Gasteiger partial charge in [-0.15, -0.1) is 0 Å². The van der Waals surface area contributed by atoms with E-state index in [1.165, 1.54) is 44.2 Å². The molecule has 0 amide bonds. The van der Waals surface area contributed by atoms with E-state index in [1.807, 2.05) is 0 Å². The first-order valence-corrected chi connectivity index (χ1v) is 5.37. The van der Waals surface area contributed by atoms with Crippen LogP contribution in [0.4, 0.5) is 0 Å². The molecule has 1 aliphatic rings. The fourth-order valence-corrected chi connectivity index (χ4v) is 1.82. The van der Waals surface area contributed by atoms with E-state index in [4.69, 9.17) is 0 Å². The molecule has 1 rings (SSSR count). The third kappa shape index (κ3) is 2.96. The van der Waals surface area contributed by atoms with E-state index in [-0.39, 0.29) is 0 Å². The van der Waals surface area contributed by atoms with Gasteiger partial charge in [0, 0.05) is 12.3 Å². The molecule has 0 N–H and O–H groups in total. The molecule has 1 heteroatoms. The molecule has 0 bridgehead atoms. The molecular weight excluding hydrogens is 146 g/mol. The highest BCUT2D eigenvalue weighted by atomic mass is 14.8. The van der Waals surface area contributed by atoms with Crippen LogP contribution < -0.4 is 0 Å². The van der Waals surface area contributed by atoms with Gasteiger partial charge < -0.3 is 0 Å². The fourth-order valence-electron chi connectivity index (χ4n) is 1.82. The van der Waals surface area contributed by atoms with Crippen molar-refractivity contribution in [2.24, 2.45) is 10.9 Å². The lowest BCUT2D eigenvalue weighted by molar-refractivity contribution is 0.588. The van der Waals surface area contributed by atoms with Gasteiger partial charge in [0.05, 0.1) is 0 Å². The number of rotatable bonds is 4. The van der Waals surface area contributed by atoms with Crippen molar-refractivity contribution in [3.05, 3.63) is 0 Å². The molecule has 0 radical (unpaired) electrons. The van der Waals surface area contributed by atoms with Gasteiger partial charge in [0.15, 0.2) is 0 Å². The van der Waals surface area contributed by atoms with Gasteiger partial charge in [-0.2, -0.15) is 0 Å². The zero-order valence-electron chi connectivity index (χ0n) is 8.47. The van der Waals surface area contributed by atoms with Crippen molar-refractivity contribution in [3.63, 3.8) is 0 Å². The summed E-state index contributed by atoms with van der Waals surface area (Å²) in [7, 11) is 0. The van der Waals surface area contributed by atoms with Crippen LogP contribution in [-0.2, 0) is 0 Å². The Balaban J connectivity index is 2.24. The first kappa shape index (κ1) is 9.76. The van der Waals surface area contributed by atoms with Gasteiger partial charge in [0.1, 0.15) is 0 Å². The fraction of sp³-hybridized carbons (Fsp3) is 0.909. The second kappa shape index (κ2) is 5.34. The molecule has 0 saturated heterocycles. The Morgan fingerprint density at radius 3 is 2.92 bits per heavy atom. The van der Waals surface area contributed by atoms with Crippen LogP contribution in [-0.4, -0.2) is 12.3 Å². The van der Waals surface area contributed by atoms with E-state index in [1.54, 1.807) is 0 Å². The molecule has 1 heterocycles. The molecule has 70 valence electrons. The Bertz CT molecular complexity index is 149. The highest BCUT2D eigenvalue weighted by Crippen LogP contribution is 2.17. The predicted octanol–water partition coefficient (Wildman–Crippen LogP) is 3.44. The third-order valence-electron chi connectivity index (χ3n) is 2.72. The number of aliphatic imine (C=N–C) groups is 1. The minimum absolute atomic E-state index is 0.774. The number of nitrogens with zero attached hydrogens (tertiary/aromatic N) is 1. The maximum atomic E-state index is 4.60. The largest absolute Gasteiger partial charge is 0.294 e. The first-order valence-electron chi connectivity index (χ1n) is 5.37. The summed E-state index contributed by atoms with van der Waals surface area (Å²) in [6.07, 6.45) is 7.96. The predicted molar refractivity (Wildman–Crippen MR) is 54.8 cm³/mol. The molecular formula is C11H21N. The Morgan fingerprint density at radius 2 is 2.25 bits per heavy atom. The second-order valence-electron chi connectivity index (χ2n) is 3.87. The molecule has 0 aliphatic carbocycles. The van der Waals surface area contributed by atoms with Crippen molar-refractivity contribution in [2.75, 3.05) is 6.54 Å². The van der Waals surface area contributed by atoms with Gasteiger partial charge in [0.25, 0.3) is 0 Å². The molecule has 1 atom stereocenters. The van der Waals surface area contributed by atoms with Crippen molar-refractivity contribution in [1.29, 1.82) is 0 Å². The molecule has 0 aromatic carbocycles. The lowest BCUT2D eigenvalue weighted by Gasteiger charge is -2.19. The zero-order chi connectivity index (χ0) is 8.81. The molecule has 1 aliphatic heterocycles. The van der Waals surface area contributed by atoms with Crippen LogP contribution in [0, 0.1) is 5.92 Å². The summed E-state index contributed by atoms with van der Waals surface area (Å²) in [5, 5.41) is 0. The molecule has 0 saturated carbocycles. The van der Waals surface area contributed by atoms with Crippen LogP contribution in [0.3, 0.4) is 0 Å². The molecule has 0 spiro atoms. The molecule has 0 fully saturated rings. The molecule has 12 heavy (non-hydrogen) atoms. The minimum Gasteiger partial charge on any atom is -0.294 e. The number of hydrogen-bond acceptors (Lipinski definition) is 1. The number of hydrogen-bond donors (Lipinski definition) is 0. The summed E-state index contributed by atoms with van der Waals surface area (Å²) in [6, 6.07) is 0. The van der Waals surface area contributed by atoms with Gasteiger partial charge in [0.2, 0.25) is 0 Å². The first-order chi connectivity index (χ1) is 5.84. The van der Waals surface area contributed by atoms with Gasteiger partial charge >= 0.3 is 0 Å². The van der Waals surface area contributed by atoms with Crippen molar-refractivity contribution in [2.45, 2.75) is 52.4 Å². The highest BCUT2D eigenvalue weighted by molar-refractivity contribution is 5.86. The van der Waals surface area contributed by atoms with Gasteiger partial charge in [-0.25, -0.2) is 0 Å². The van der Waals surface area contributed by atoms with Crippen molar-refractivity contribution < 1.29 is 0 Å². The van der Waals surface area contributed by atoms with Crippen molar-refractivity contribution in [3.8, 4) is 0 Å². The van der Waals surface area contributed by atoms with Crippen LogP contribution >= 0.6 is 0 Å². The summed E-state index contributed by atoms with van der Waals surface area (Å²) in [6.45, 7) is 5.67. The van der Waals surface area contributed by atoms with Crippen LogP contribution in [0.5, 0.6) is 0 Å². The quantitative estimate of drug-likeness (QED) is 0.569. The van der Waals surface area contributed by atoms with Gasteiger partial charge in [-0.05, 0) is 31.6 Å². The van der Waals surface area contributed by atoms with E-state index in [2.05, 4.69) is 18.8 Å². The summed E-state index contributed by atoms with van der Waals surface area (Å²) >= 11 is 0. The zero-order valence-corrected chi connectivity index (χ0v) is 8.47. The molecule has 1 nitrogen and oxygen atoms in total. The minimum atomic E-state index is 0.774. The maximum absolute atomic E-state index is 4.60. The lowest BCUT2D eigenvalue weighted by Crippen LogP contribution is -2.16. The van der Waals surface area contributed by atoms with E-state index in [9.17, 15) is 0 Å². The molecule has 1 unspecified atom stereocenters. The van der Waals surface area contributed by atoms with Gasteiger partial charge in [-0.1, -0.05) is 26.7 Å². The van der Waals surface area contributed by atoms with Crippen LogP contribution in [0.15, 0.2) is 4.99 Å². The lowest BCUT2D eigenvalue weighted by atomic mass is 9.93. The molecule has 0 aromatic rings. The van der Waals surface area contributed by atoms with E-state index >= 15 is 0 Å². The second-order valence-corrected chi connectivity index (χ2v) is 3.87. The Hall–Kier alpha value is -0.330.